The van der Waals surface area contributed by atoms with E-state index in [9.17, 15) is 27.5 Å². The fourth-order valence-electron chi connectivity index (χ4n) is 5.01. The van der Waals surface area contributed by atoms with Gasteiger partial charge in [0.15, 0.2) is 6.10 Å². The quantitative estimate of drug-likeness (QED) is 0.272. The molecule has 4 atom stereocenters. The van der Waals surface area contributed by atoms with Gasteiger partial charge in [0.05, 0.1) is 29.3 Å². The minimum Gasteiger partial charge on any atom is -0.434 e. The summed E-state index contributed by atoms with van der Waals surface area (Å²) in [5.41, 5.74) is 2.07. The lowest BCUT2D eigenvalue weighted by Crippen LogP contribution is -2.53. The number of aliphatic hydroxyl groups excluding tert-OH is 1. The van der Waals surface area contributed by atoms with Gasteiger partial charge in [-0.1, -0.05) is 75.7 Å². The van der Waals surface area contributed by atoms with Crippen molar-refractivity contribution >= 4 is 27.7 Å². The Hall–Kier alpha value is -3.80. The minimum atomic E-state index is -3.97. The van der Waals surface area contributed by atoms with Crippen LogP contribution < -0.4 is 10.2 Å². The molecule has 4 rings (SSSR count). The van der Waals surface area contributed by atoms with Crippen molar-refractivity contribution in [1.29, 1.82) is 0 Å². The lowest BCUT2D eigenvalue weighted by Gasteiger charge is -2.31. The number of nitrogens with one attached hydrogen (secondary N) is 1. The van der Waals surface area contributed by atoms with Gasteiger partial charge in [-0.2, -0.15) is 4.31 Å². The molecule has 1 saturated heterocycles. The topological polar surface area (TPSA) is 116 Å². The second-order valence-corrected chi connectivity index (χ2v) is 13.1. The molecule has 1 heterocycles. The van der Waals surface area contributed by atoms with E-state index in [1.807, 2.05) is 51.1 Å². The second-order valence-electron chi connectivity index (χ2n) is 11.2. The molecule has 11 heteroatoms. The number of rotatable bonds is 14. The molecule has 3 aromatic rings. The standard InChI is InChI=1S/C33H40FN3O6S/c1-4-23(3)20-36(44(41,42)28-16-14-24(5-2)15-17-28)21-30(38)29(18-25-10-7-6-8-11-25)35-32(39)31-22-37(33(40)43-31)27-13-9-12-26(34)19-27/h6-17,19,23,29-31,38H,4-5,18,20-22H2,1-3H3,(H,35,39)/t23-,29-,30+,31-/m0/s1. The summed E-state index contributed by atoms with van der Waals surface area (Å²) in [6, 6.07) is 20.4. The number of nitrogens with zero attached hydrogens (tertiary/aromatic N) is 2. The Morgan fingerprint density at radius 1 is 1.05 bits per heavy atom. The molecular formula is C33H40FN3O6S. The number of aryl methyl sites for hydroxylation is 1. The Labute approximate surface area is 258 Å². The summed E-state index contributed by atoms with van der Waals surface area (Å²) in [7, 11) is -3.97. The first kappa shape index (κ1) is 33.1. The van der Waals surface area contributed by atoms with Crippen molar-refractivity contribution in [3.8, 4) is 0 Å². The van der Waals surface area contributed by atoms with Crippen molar-refractivity contribution in [1.82, 2.24) is 9.62 Å². The van der Waals surface area contributed by atoms with Gasteiger partial charge in [0.25, 0.3) is 5.91 Å². The molecule has 0 aliphatic carbocycles. The Morgan fingerprint density at radius 2 is 1.75 bits per heavy atom. The van der Waals surface area contributed by atoms with Gasteiger partial charge in [-0.15, -0.1) is 0 Å². The molecule has 0 radical (unpaired) electrons. The van der Waals surface area contributed by atoms with Crippen LogP contribution in [0.15, 0.2) is 83.8 Å². The summed E-state index contributed by atoms with van der Waals surface area (Å²) in [5.74, 6) is -1.17. The van der Waals surface area contributed by atoms with Crippen LogP contribution in [0.4, 0.5) is 14.9 Å². The maximum Gasteiger partial charge on any atom is 0.415 e. The first-order valence-corrected chi connectivity index (χ1v) is 16.3. The first-order valence-electron chi connectivity index (χ1n) is 14.9. The van der Waals surface area contributed by atoms with Crippen LogP contribution >= 0.6 is 0 Å². The van der Waals surface area contributed by atoms with Crippen LogP contribution in [0.3, 0.4) is 0 Å². The van der Waals surface area contributed by atoms with E-state index in [1.165, 1.54) is 33.5 Å². The van der Waals surface area contributed by atoms with Crippen molar-refractivity contribution in [2.45, 2.75) is 63.2 Å². The van der Waals surface area contributed by atoms with E-state index >= 15 is 0 Å². The molecule has 2 amide bonds. The summed E-state index contributed by atoms with van der Waals surface area (Å²) in [6.07, 6.45) is -1.61. The number of hydrogen-bond acceptors (Lipinski definition) is 6. The maximum atomic E-state index is 13.8. The first-order chi connectivity index (χ1) is 21.0. The normalized spacial score (nSPS) is 17.3. The van der Waals surface area contributed by atoms with Gasteiger partial charge < -0.3 is 15.2 Å². The summed E-state index contributed by atoms with van der Waals surface area (Å²) < 4.78 is 48.0. The molecule has 1 fully saturated rings. The fraction of sp³-hybridized carbons (Fsp3) is 0.394. The third kappa shape index (κ3) is 8.22. The number of benzene rings is 3. The molecular weight excluding hydrogens is 585 g/mol. The van der Waals surface area contributed by atoms with Crippen LogP contribution in [-0.2, 0) is 32.4 Å². The van der Waals surface area contributed by atoms with Gasteiger partial charge in [-0.3, -0.25) is 9.69 Å². The predicted octanol–water partition coefficient (Wildman–Crippen LogP) is 4.54. The fourth-order valence-corrected chi connectivity index (χ4v) is 6.59. The number of amides is 2. The average Bonchev–Trinajstić information content (AvgIpc) is 3.42. The minimum absolute atomic E-state index is 0.0146. The van der Waals surface area contributed by atoms with Gasteiger partial charge >= 0.3 is 6.09 Å². The summed E-state index contributed by atoms with van der Waals surface area (Å²) in [4.78, 5) is 27.2. The number of sulfonamides is 1. The Balaban J connectivity index is 1.56. The van der Waals surface area contributed by atoms with E-state index in [1.54, 1.807) is 24.3 Å². The number of carbonyl (C=O) groups excluding carboxylic acids is 2. The summed E-state index contributed by atoms with van der Waals surface area (Å²) in [5, 5.41) is 14.3. The highest BCUT2D eigenvalue weighted by Crippen LogP contribution is 2.24. The largest absolute Gasteiger partial charge is 0.434 e. The zero-order valence-electron chi connectivity index (χ0n) is 25.2. The number of carbonyl (C=O) groups is 2. The molecule has 236 valence electrons. The number of aliphatic hydroxyl groups is 1. The lowest BCUT2D eigenvalue weighted by atomic mass is 10.0. The van der Waals surface area contributed by atoms with E-state index in [0.717, 1.165) is 24.0 Å². The number of anilines is 1. The predicted molar refractivity (Wildman–Crippen MR) is 166 cm³/mol. The molecule has 1 aliphatic heterocycles. The number of cyclic esters (lactones) is 1. The molecule has 9 nitrogen and oxygen atoms in total. The molecule has 0 spiro atoms. The number of halogens is 1. The smallest absolute Gasteiger partial charge is 0.415 e. The monoisotopic (exact) mass is 625 g/mol. The SMILES string of the molecule is CCc1ccc(S(=O)(=O)N(C[C@@H](C)CC)C[C@@H](O)[C@H](Cc2ccccc2)NC(=O)[C@@H]2CN(c3cccc(F)c3)C(=O)O2)cc1. The van der Waals surface area contributed by atoms with Gasteiger partial charge in [-0.05, 0) is 60.2 Å². The highest BCUT2D eigenvalue weighted by Gasteiger charge is 2.39. The summed E-state index contributed by atoms with van der Waals surface area (Å²) in [6.45, 7) is 5.67. The third-order valence-corrected chi connectivity index (χ3v) is 9.73. The van der Waals surface area contributed by atoms with Gasteiger partial charge in [0, 0.05) is 13.1 Å². The molecule has 2 N–H and O–H groups in total. The average molecular weight is 626 g/mol. The molecule has 0 unspecified atom stereocenters. The van der Waals surface area contributed by atoms with E-state index < -0.39 is 46.1 Å². The van der Waals surface area contributed by atoms with Crippen molar-refractivity contribution in [3.63, 3.8) is 0 Å². The van der Waals surface area contributed by atoms with Crippen LogP contribution in [0.1, 0.15) is 38.3 Å². The molecule has 3 aromatic carbocycles. The Morgan fingerprint density at radius 3 is 2.39 bits per heavy atom. The maximum absolute atomic E-state index is 13.8. The molecule has 44 heavy (non-hydrogen) atoms. The van der Waals surface area contributed by atoms with Crippen molar-refractivity contribution in [2.75, 3.05) is 24.5 Å². The van der Waals surface area contributed by atoms with Crippen molar-refractivity contribution in [3.05, 3.63) is 95.8 Å². The van der Waals surface area contributed by atoms with E-state index in [0.29, 0.717) is 0 Å². The molecule has 0 saturated carbocycles. The number of hydrogen-bond donors (Lipinski definition) is 2. The van der Waals surface area contributed by atoms with Crippen molar-refractivity contribution < 1.29 is 32.2 Å². The molecule has 1 aliphatic rings. The highest BCUT2D eigenvalue weighted by molar-refractivity contribution is 7.89. The van der Waals surface area contributed by atoms with E-state index in [2.05, 4.69) is 5.32 Å². The zero-order valence-corrected chi connectivity index (χ0v) is 26.0. The van der Waals surface area contributed by atoms with Crippen molar-refractivity contribution in [2.24, 2.45) is 5.92 Å². The number of ether oxygens (including phenoxy) is 1. The highest BCUT2D eigenvalue weighted by atomic mass is 32.2. The van der Waals surface area contributed by atoms with Gasteiger partial charge in [0.1, 0.15) is 5.82 Å². The van der Waals surface area contributed by atoms with E-state index in [4.69, 9.17) is 4.74 Å². The third-order valence-electron chi connectivity index (χ3n) is 7.89. The van der Waals surface area contributed by atoms with Crippen LogP contribution in [0, 0.1) is 11.7 Å². The zero-order chi connectivity index (χ0) is 31.9. The Kier molecular flexibility index (Phi) is 11.1. The van der Waals surface area contributed by atoms with Crippen LogP contribution in [0.5, 0.6) is 0 Å². The van der Waals surface area contributed by atoms with E-state index in [-0.39, 0.29) is 42.6 Å². The van der Waals surface area contributed by atoms with Gasteiger partial charge in [-0.25, -0.2) is 17.6 Å². The van der Waals surface area contributed by atoms with Crippen LogP contribution in [0.25, 0.3) is 0 Å². The van der Waals surface area contributed by atoms with Crippen LogP contribution in [0.2, 0.25) is 0 Å². The second kappa shape index (κ2) is 14.8. The molecule has 0 bridgehead atoms. The van der Waals surface area contributed by atoms with Gasteiger partial charge in [0.2, 0.25) is 10.0 Å². The molecule has 0 aromatic heterocycles. The lowest BCUT2D eigenvalue weighted by molar-refractivity contribution is -0.129. The Bertz CT molecular complexity index is 1520. The summed E-state index contributed by atoms with van der Waals surface area (Å²) >= 11 is 0. The van der Waals surface area contributed by atoms with Crippen LogP contribution in [-0.4, -0.2) is 67.7 Å².